The van der Waals surface area contributed by atoms with E-state index >= 15 is 0 Å². The van der Waals surface area contributed by atoms with Crippen LogP contribution in [0.1, 0.15) is 17.6 Å². The van der Waals surface area contributed by atoms with E-state index in [-0.39, 0.29) is 0 Å². The van der Waals surface area contributed by atoms with Gasteiger partial charge in [-0.3, -0.25) is 0 Å². The molecule has 0 amide bonds. The summed E-state index contributed by atoms with van der Waals surface area (Å²) in [5, 5.41) is 3.68. The number of aryl methyl sites for hydroxylation is 1. The highest BCUT2D eigenvalue weighted by Crippen LogP contribution is 2.21. The van der Waals surface area contributed by atoms with Crippen molar-refractivity contribution in [2.24, 2.45) is 0 Å². The topological polar surface area (TPSA) is 48.2 Å². The van der Waals surface area contributed by atoms with Gasteiger partial charge in [0.25, 0.3) is 0 Å². The zero-order chi connectivity index (χ0) is 6.97. The maximum atomic E-state index is 4.97. The van der Waals surface area contributed by atoms with Crippen LogP contribution in [0.25, 0.3) is 0 Å². The van der Waals surface area contributed by atoms with Crippen molar-refractivity contribution in [3.63, 3.8) is 0 Å². The van der Waals surface area contributed by atoms with Crippen molar-refractivity contribution in [3.8, 4) is 0 Å². The molecule has 4 nitrogen and oxygen atoms in total. The van der Waals surface area contributed by atoms with Gasteiger partial charge in [0, 0.05) is 0 Å². The Morgan fingerprint density at radius 2 is 2.30 bits per heavy atom. The molecule has 2 rings (SSSR count). The molecule has 1 aromatic rings. The molecule has 0 aromatic carbocycles. The first-order chi connectivity index (χ1) is 4.86. The zero-order valence-corrected chi connectivity index (χ0v) is 5.70. The monoisotopic (exact) mass is 140 g/mol. The predicted molar refractivity (Wildman–Crippen MR) is 32.6 cm³/mol. The van der Waals surface area contributed by atoms with Gasteiger partial charge in [0.1, 0.15) is 0 Å². The van der Waals surface area contributed by atoms with E-state index in [1.807, 2.05) is 6.92 Å². The van der Waals surface area contributed by atoms with Gasteiger partial charge in [-0.05, 0) is 6.92 Å². The Balaban J connectivity index is 2.17. The lowest BCUT2D eigenvalue weighted by Crippen LogP contribution is -2.25. The van der Waals surface area contributed by atoms with Crippen LogP contribution in [-0.4, -0.2) is 23.4 Å². The Labute approximate surface area is 58.2 Å². The molecule has 0 bridgehead atoms. The number of hydrogen-bond acceptors (Lipinski definition) is 4. The van der Waals surface area contributed by atoms with E-state index in [2.05, 4.69) is 10.1 Å². The second-order valence-electron chi connectivity index (χ2n) is 2.41. The molecule has 54 valence electrons. The quantitative estimate of drug-likeness (QED) is 0.569. The molecule has 0 saturated carbocycles. The van der Waals surface area contributed by atoms with Crippen LogP contribution in [0.5, 0.6) is 0 Å². The molecule has 1 fully saturated rings. The van der Waals surface area contributed by atoms with Crippen molar-refractivity contribution in [3.05, 3.63) is 11.7 Å². The molecule has 0 unspecified atom stereocenters. The lowest BCUT2D eigenvalue weighted by atomic mass is 10.1. The number of aromatic nitrogens is 2. The molecule has 1 saturated heterocycles. The molecule has 0 radical (unpaired) electrons. The van der Waals surface area contributed by atoms with Crippen LogP contribution in [0, 0.1) is 6.92 Å². The molecule has 0 aliphatic carbocycles. The summed E-state index contributed by atoms with van der Waals surface area (Å²) >= 11 is 0. The lowest BCUT2D eigenvalue weighted by Gasteiger charge is -2.21. The Morgan fingerprint density at radius 3 is 2.70 bits per heavy atom. The average molecular weight is 140 g/mol. The second kappa shape index (κ2) is 2.05. The van der Waals surface area contributed by atoms with Crippen LogP contribution >= 0.6 is 0 Å². The Morgan fingerprint density at radius 1 is 1.50 bits per heavy atom. The third-order valence-electron chi connectivity index (χ3n) is 1.53. The highest BCUT2D eigenvalue weighted by Gasteiger charge is 2.25. The van der Waals surface area contributed by atoms with Gasteiger partial charge in [0.15, 0.2) is 5.82 Å². The van der Waals surface area contributed by atoms with Gasteiger partial charge in [-0.1, -0.05) is 5.16 Å². The summed E-state index contributed by atoms with van der Waals surface area (Å²) in [5.41, 5.74) is 0. The van der Waals surface area contributed by atoms with Crippen molar-refractivity contribution in [1.82, 2.24) is 10.1 Å². The maximum absolute atomic E-state index is 4.97. The van der Waals surface area contributed by atoms with E-state index in [9.17, 15) is 0 Å². The van der Waals surface area contributed by atoms with Gasteiger partial charge >= 0.3 is 0 Å². The first kappa shape index (κ1) is 5.85. The van der Waals surface area contributed by atoms with Gasteiger partial charge in [-0.25, -0.2) is 0 Å². The molecular formula is C6H8N2O2. The van der Waals surface area contributed by atoms with Crippen molar-refractivity contribution >= 4 is 0 Å². The molecule has 1 aliphatic heterocycles. The minimum atomic E-state index is 0.348. The SMILES string of the molecule is Cc1noc(C2COC2)n1. The fraction of sp³-hybridized carbons (Fsp3) is 0.667. The van der Waals surface area contributed by atoms with Gasteiger partial charge in [0.05, 0.1) is 19.1 Å². The number of hydrogen-bond donors (Lipinski definition) is 0. The fourth-order valence-electron chi connectivity index (χ4n) is 0.857. The Hall–Kier alpha value is -0.900. The van der Waals surface area contributed by atoms with Crippen LogP contribution in [0.4, 0.5) is 0 Å². The van der Waals surface area contributed by atoms with E-state index in [0.29, 0.717) is 17.6 Å². The molecule has 4 heteroatoms. The van der Waals surface area contributed by atoms with Crippen LogP contribution in [0.3, 0.4) is 0 Å². The van der Waals surface area contributed by atoms with Crippen LogP contribution in [-0.2, 0) is 4.74 Å². The summed E-state index contributed by atoms with van der Waals surface area (Å²) in [7, 11) is 0. The molecule has 10 heavy (non-hydrogen) atoms. The van der Waals surface area contributed by atoms with Crippen LogP contribution < -0.4 is 0 Å². The summed E-state index contributed by atoms with van der Waals surface area (Å²) in [4.78, 5) is 4.07. The molecule has 0 spiro atoms. The standard InChI is InChI=1S/C6H8N2O2/c1-4-7-6(10-8-4)5-2-9-3-5/h5H,2-3H2,1H3. The van der Waals surface area contributed by atoms with E-state index in [4.69, 9.17) is 9.26 Å². The molecule has 1 aromatic heterocycles. The lowest BCUT2D eigenvalue weighted by molar-refractivity contribution is -0.00445. The Bertz CT molecular complexity index is 229. The number of nitrogens with zero attached hydrogens (tertiary/aromatic N) is 2. The van der Waals surface area contributed by atoms with E-state index < -0.39 is 0 Å². The Kier molecular flexibility index (Phi) is 1.20. The molecule has 0 N–H and O–H groups in total. The minimum absolute atomic E-state index is 0.348. The smallest absolute Gasteiger partial charge is 0.234 e. The van der Waals surface area contributed by atoms with Gasteiger partial charge < -0.3 is 9.26 Å². The van der Waals surface area contributed by atoms with Gasteiger partial charge in [0.2, 0.25) is 5.89 Å². The average Bonchev–Trinajstić information content (AvgIpc) is 2.10. The van der Waals surface area contributed by atoms with Gasteiger partial charge in [-0.15, -0.1) is 0 Å². The van der Waals surface area contributed by atoms with Crippen molar-refractivity contribution in [1.29, 1.82) is 0 Å². The fourth-order valence-corrected chi connectivity index (χ4v) is 0.857. The zero-order valence-electron chi connectivity index (χ0n) is 5.70. The molecule has 1 aliphatic rings. The largest absolute Gasteiger partial charge is 0.380 e. The summed E-state index contributed by atoms with van der Waals surface area (Å²) < 4.78 is 9.90. The van der Waals surface area contributed by atoms with E-state index in [1.165, 1.54) is 0 Å². The molecule has 0 atom stereocenters. The van der Waals surface area contributed by atoms with Crippen molar-refractivity contribution < 1.29 is 9.26 Å². The third kappa shape index (κ3) is 0.806. The van der Waals surface area contributed by atoms with Crippen molar-refractivity contribution in [2.75, 3.05) is 13.2 Å². The minimum Gasteiger partial charge on any atom is -0.380 e. The first-order valence-corrected chi connectivity index (χ1v) is 3.24. The number of ether oxygens (including phenoxy) is 1. The molecular weight excluding hydrogens is 132 g/mol. The summed E-state index contributed by atoms with van der Waals surface area (Å²) in [5.74, 6) is 1.76. The maximum Gasteiger partial charge on any atom is 0.234 e. The van der Waals surface area contributed by atoms with E-state index in [0.717, 1.165) is 13.2 Å². The van der Waals surface area contributed by atoms with Crippen LogP contribution in [0.15, 0.2) is 4.52 Å². The highest BCUT2D eigenvalue weighted by molar-refractivity contribution is 4.95. The van der Waals surface area contributed by atoms with Crippen LogP contribution in [0.2, 0.25) is 0 Å². The first-order valence-electron chi connectivity index (χ1n) is 3.24. The second-order valence-corrected chi connectivity index (χ2v) is 2.41. The number of rotatable bonds is 1. The third-order valence-corrected chi connectivity index (χ3v) is 1.53. The summed E-state index contributed by atoms with van der Waals surface area (Å²) in [6, 6.07) is 0. The predicted octanol–water partition coefficient (Wildman–Crippen LogP) is 0.492. The highest BCUT2D eigenvalue weighted by atomic mass is 16.5. The normalized spacial score (nSPS) is 18.9. The molecule has 2 heterocycles. The van der Waals surface area contributed by atoms with E-state index in [1.54, 1.807) is 0 Å². The van der Waals surface area contributed by atoms with Crippen molar-refractivity contribution in [2.45, 2.75) is 12.8 Å². The summed E-state index contributed by atoms with van der Waals surface area (Å²) in [6.45, 7) is 3.26. The summed E-state index contributed by atoms with van der Waals surface area (Å²) in [6.07, 6.45) is 0. The van der Waals surface area contributed by atoms with Gasteiger partial charge in [-0.2, -0.15) is 4.98 Å².